The molecule has 29 heavy (non-hydrogen) atoms. The molecule has 0 atom stereocenters. The molecule has 2 aromatic carbocycles. The van der Waals surface area contributed by atoms with E-state index in [1.54, 1.807) is 13.3 Å². The van der Waals surface area contributed by atoms with Gasteiger partial charge in [0, 0.05) is 29.6 Å². The Morgan fingerprint density at radius 1 is 0.828 bits per heavy atom. The Hall–Kier alpha value is -3.93. The van der Waals surface area contributed by atoms with Crippen molar-refractivity contribution in [2.24, 2.45) is 0 Å². The van der Waals surface area contributed by atoms with Crippen LogP contribution in [0.2, 0.25) is 0 Å². The number of ether oxygens (including phenoxy) is 1. The zero-order valence-corrected chi connectivity index (χ0v) is 16.0. The van der Waals surface area contributed by atoms with Crippen LogP contribution in [0.3, 0.4) is 0 Å². The van der Waals surface area contributed by atoms with E-state index in [0.717, 1.165) is 28.5 Å². The second-order valence-electron chi connectivity index (χ2n) is 6.36. The molecule has 0 bridgehead atoms. The van der Waals surface area contributed by atoms with Gasteiger partial charge in [0.15, 0.2) is 5.82 Å². The molecular formula is C23H21N5O. The highest BCUT2D eigenvalue weighted by Crippen LogP contribution is 2.24. The molecule has 6 nitrogen and oxygen atoms in total. The number of aromatic nitrogens is 3. The molecule has 144 valence electrons. The van der Waals surface area contributed by atoms with E-state index in [-0.39, 0.29) is 0 Å². The van der Waals surface area contributed by atoms with E-state index in [1.807, 2.05) is 78.9 Å². The van der Waals surface area contributed by atoms with E-state index in [0.29, 0.717) is 18.2 Å². The van der Waals surface area contributed by atoms with Gasteiger partial charge in [-0.15, -0.1) is 0 Å². The third kappa shape index (κ3) is 4.87. The molecule has 6 heteroatoms. The van der Waals surface area contributed by atoms with Gasteiger partial charge in [0.1, 0.15) is 17.4 Å². The summed E-state index contributed by atoms with van der Waals surface area (Å²) in [6.45, 7) is 0.574. The van der Waals surface area contributed by atoms with Gasteiger partial charge in [-0.1, -0.05) is 42.5 Å². The van der Waals surface area contributed by atoms with Gasteiger partial charge in [0.05, 0.1) is 19.3 Å². The number of rotatable bonds is 7. The lowest BCUT2D eigenvalue weighted by atomic mass is 10.2. The number of nitrogens with one attached hydrogen (secondary N) is 2. The molecule has 0 spiro atoms. The first-order chi connectivity index (χ1) is 14.3. The van der Waals surface area contributed by atoms with Gasteiger partial charge in [-0.2, -0.15) is 0 Å². The van der Waals surface area contributed by atoms with E-state index < -0.39 is 0 Å². The van der Waals surface area contributed by atoms with Crippen LogP contribution in [-0.2, 0) is 6.54 Å². The Labute approximate surface area is 169 Å². The van der Waals surface area contributed by atoms with E-state index >= 15 is 0 Å². The number of hydrogen-bond donors (Lipinski definition) is 2. The topological polar surface area (TPSA) is 72.0 Å². The Morgan fingerprint density at radius 3 is 2.45 bits per heavy atom. The highest BCUT2D eigenvalue weighted by atomic mass is 16.5. The molecule has 0 aliphatic carbocycles. The summed E-state index contributed by atoms with van der Waals surface area (Å²) in [5.74, 6) is 2.83. The molecule has 0 saturated heterocycles. The van der Waals surface area contributed by atoms with Gasteiger partial charge in [-0.05, 0) is 24.3 Å². The number of anilines is 3. The zero-order chi connectivity index (χ0) is 19.9. The lowest BCUT2D eigenvalue weighted by Gasteiger charge is -2.12. The first-order valence-electron chi connectivity index (χ1n) is 9.29. The molecule has 2 aromatic heterocycles. The molecule has 0 fully saturated rings. The predicted molar refractivity (Wildman–Crippen MR) is 115 cm³/mol. The monoisotopic (exact) mass is 383 g/mol. The molecule has 0 aliphatic rings. The fourth-order valence-electron chi connectivity index (χ4n) is 2.85. The van der Waals surface area contributed by atoms with Crippen LogP contribution in [0, 0.1) is 0 Å². The SMILES string of the molecule is COc1cccc(Nc2cc(NCc3ccccn3)nc(-c3ccccc3)n2)c1. The summed E-state index contributed by atoms with van der Waals surface area (Å²) in [6.07, 6.45) is 1.78. The van der Waals surface area contributed by atoms with Crippen LogP contribution in [-0.4, -0.2) is 22.1 Å². The first-order valence-corrected chi connectivity index (χ1v) is 9.29. The second kappa shape index (κ2) is 8.84. The maximum Gasteiger partial charge on any atom is 0.163 e. The Morgan fingerprint density at radius 2 is 1.66 bits per heavy atom. The largest absolute Gasteiger partial charge is 0.497 e. The fourth-order valence-corrected chi connectivity index (χ4v) is 2.85. The van der Waals surface area contributed by atoms with E-state index in [2.05, 4.69) is 20.6 Å². The first kappa shape index (κ1) is 18.4. The van der Waals surface area contributed by atoms with Crippen LogP contribution in [0.15, 0.2) is 85.1 Å². The van der Waals surface area contributed by atoms with Gasteiger partial charge >= 0.3 is 0 Å². The summed E-state index contributed by atoms with van der Waals surface area (Å²) in [5, 5.41) is 6.68. The van der Waals surface area contributed by atoms with Crippen LogP contribution in [0.5, 0.6) is 5.75 Å². The normalized spacial score (nSPS) is 10.4. The van der Waals surface area contributed by atoms with Crippen molar-refractivity contribution in [3.05, 3.63) is 90.8 Å². The molecule has 0 unspecified atom stereocenters. The highest BCUT2D eigenvalue weighted by molar-refractivity contribution is 5.65. The minimum absolute atomic E-state index is 0.574. The van der Waals surface area contributed by atoms with Gasteiger partial charge in [-0.3, -0.25) is 4.98 Å². The maximum atomic E-state index is 5.30. The van der Waals surface area contributed by atoms with Crippen molar-refractivity contribution in [2.45, 2.75) is 6.54 Å². The number of nitrogens with zero attached hydrogens (tertiary/aromatic N) is 3. The van der Waals surface area contributed by atoms with Crippen molar-refractivity contribution in [1.29, 1.82) is 0 Å². The standard InChI is InChI=1S/C23H21N5O/c1-29-20-12-7-11-18(14-20)26-22-15-21(25-16-19-10-5-6-13-24-19)27-23(28-22)17-8-3-2-4-9-17/h2-15H,16H2,1H3,(H2,25,26,27,28). The minimum atomic E-state index is 0.574. The predicted octanol–water partition coefficient (Wildman–Crippen LogP) is 4.90. The average Bonchev–Trinajstić information content (AvgIpc) is 2.79. The van der Waals surface area contributed by atoms with Crippen molar-refractivity contribution in [2.75, 3.05) is 17.7 Å². The number of benzene rings is 2. The molecule has 0 aliphatic heterocycles. The molecule has 2 N–H and O–H groups in total. The van der Waals surface area contributed by atoms with Gasteiger partial charge in [0.25, 0.3) is 0 Å². The molecular weight excluding hydrogens is 362 g/mol. The van der Waals surface area contributed by atoms with E-state index in [1.165, 1.54) is 0 Å². The number of pyridine rings is 1. The molecule has 2 heterocycles. The van der Waals surface area contributed by atoms with Gasteiger partial charge in [0.2, 0.25) is 0 Å². The molecule has 4 rings (SSSR count). The number of methoxy groups -OCH3 is 1. The van der Waals surface area contributed by atoms with Crippen LogP contribution in [0.1, 0.15) is 5.69 Å². The van der Waals surface area contributed by atoms with Crippen LogP contribution < -0.4 is 15.4 Å². The summed E-state index contributed by atoms with van der Waals surface area (Å²) in [6, 6.07) is 25.4. The highest BCUT2D eigenvalue weighted by Gasteiger charge is 2.08. The molecule has 4 aromatic rings. The van der Waals surface area contributed by atoms with Crippen LogP contribution in [0.4, 0.5) is 17.3 Å². The molecule has 0 saturated carbocycles. The summed E-state index contributed by atoms with van der Waals surface area (Å²) < 4.78 is 5.30. The molecule has 0 amide bonds. The summed E-state index contributed by atoms with van der Waals surface area (Å²) in [4.78, 5) is 13.7. The number of hydrogen-bond acceptors (Lipinski definition) is 6. The second-order valence-corrected chi connectivity index (χ2v) is 6.36. The average molecular weight is 383 g/mol. The summed E-state index contributed by atoms with van der Waals surface area (Å²) in [5.41, 5.74) is 2.77. The molecule has 0 radical (unpaired) electrons. The lowest BCUT2D eigenvalue weighted by molar-refractivity contribution is 0.415. The van der Waals surface area contributed by atoms with Crippen molar-refractivity contribution in [3.63, 3.8) is 0 Å². The quantitative estimate of drug-likeness (QED) is 0.473. The fraction of sp³-hybridized carbons (Fsp3) is 0.0870. The van der Waals surface area contributed by atoms with Gasteiger partial charge < -0.3 is 15.4 Å². The smallest absolute Gasteiger partial charge is 0.163 e. The van der Waals surface area contributed by atoms with E-state index in [9.17, 15) is 0 Å². The Bertz CT molecular complexity index is 1070. The van der Waals surface area contributed by atoms with Crippen molar-refractivity contribution >= 4 is 17.3 Å². The third-order valence-corrected chi connectivity index (χ3v) is 4.28. The van der Waals surface area contributed by atoms with Crippen molar-refractivity contribution in [3.8, 4) is 17.1 Å². The Balaban J connectivity index is 1.64. The Kier molecular flexibility index (Phi) is 5.62. The maximum absolute atomic E-state index is 5.30. The van der Waals surface area contributed by atoms with Crippen molar-refractivity contribution in [1.82, 2.24) is 15.0 Å². The zero-order valence-electron chi connectivity index (χ0n) is 16.0. The minimum Gasteiger partial charge on any atom is -0.497 e. The van der Waals surface area contributed by atoms with E-state index in [4.69, 9.17) is 9.72 Å². The van der Waals surface area contributed by atoms with Crippen LogP contribution >= 0.6 is 0 Å². The summed E-state index contributed by atoms with van der Waals surface area (Å²) >= 11 is 0. The summed E-state index contributed by atoms with van der Waals surface area (Å²) in [7, 11) is 1.65. The lowest BCUT2D eigenvalue weighted by Crippen LogP contribution is -2.06. The third-order valence-electron chi connectivity index (χ3n) is 4.28. The van der Waals surface area contributed by atoms with Crippen LogP contribution in [0.25, 0.3) is 11.4 Å². The van der Waals surface area contributed by atoms with Crippen molar-refractivity contribution < 1.29 is 4.74 Å². The van der Waals surface area contributed by atoms with Gasteiger partial charge in [-0.25, -0.2) is 9.97 Å².